The summed E-state index contributed by atoms with van der Waals surface area (Å²) in [5.41, 5.74) is 1.02. The smallest absolute Gasteiger partial charge is 0.414 e. The molecule has 3 aliphatic rings. The minimum atomic E-state index is -0.510. The molecule has 9 heteroatoms. The van der Waals surface area contributed by atoms with Crippen LogP contribution in [0.3, 0.4) is 0 Å². The first-order chi connectivity index (χ1) is 13.7. The zero-order valence-corrected chi connectivity index (χ0v) is 15.8. The summed E-state index contributed by atoms with van der Waals surface area (Å²) in [5.74, 6) is -0.347. The van der Waals surface area contributed by atoms with E-state index in [1.54, 1.807) is 17.0 Å². The van der Waals surface area contributed by atoms with Gasteiger partial charge in [-0.2, -0.15) is 0 Å². The Balaban J connectivity index is 1.42. The van der Waals surface area contributed by atoms with Crippen molar-refractivity contribution >= 4 is 23.9 Å². The summed E-state index contributed by atoms with van der Waals surface area (Å²) in [4.78, 5) is 28.8. The number of anilines is 2. The van der Waals surface area contributed by atoms with Crippen molar-refractivity contribution in [3.05, 3.63) is 24.0 Å². The molecule has 3 fully saturated rings. The first kappa shape index (κ1) is 18.9. The standard InChI is InChI=1S/C19H26FN5O3/c20-16-10-14(3-4-17(16)23-8-6-21-7-9-23)25-12-15(28-19(25)27)11-24(13-26)18-2-1-5-22-18/h3-4,10,13,15,18,21-22H,1-2,5-9,11-12H2/t15?,18-/m1/s1. The number of nitrogens with one attached hydrogen (secondary N) is 2. The fourth-order valence-electron chi connectivity index (χ4n) is 4.08. The molecule has 0 radical (unpaired) electrons. The van der Waals surface area contributed by atoms with E-state index in [2.05, 4.69) is 10.6 Å². The molecule has 2 amide bonds. The van der Waals surface area contributed by atoms with Crippen LogP contribution in [-0.4, -0.2) is 75.5 Å². The molecule has 8 nitrogen and oxygen atoms in total. The Labute approximate surface area is 163 Å². The summed E-state index contributed by atoms with van der Waals surface area (Å²) >= 11 is 0. The van der Waals surface area contributed by atoms with Gasteiger partial charge in [-0.05, 0) is 37.6 Å². The molecule has 1 aromatic rings. The quantitative estimate of drug-likeness (QED) is 0.697. The summed E-state index contributed by atoms with van der Waals surface area (Å²) in [6.07, 6.45) is 1.75. The van der Waals surface area contributed by atoms with Crippen LogP contribution in [-0.2, 0) is 9.53 Å². The van der Waals surface area contributed by atoms with Gasteiger partial charge >= 0.3 is 6.09 Å². The predicted molar refractivity (Wildman–Crippen MR) is 103 cm³/mol. The number of rotatable bonds is 6. The molecule has 0 bridgehead atoms. The number of hydrogen-bond donors (Lipinski definition) is 2. The summed E-state index contributed by atoms with van der Waals surface area (Å²) in [5, 5.41) is 6.51. The van der Waals surface area contributed by atoms with Gasteiger partial charge in [-0.15, -0.1) is 0 Å². The van der Waals surface area contributed by atoms with E-state index < -0.39 is 12.2 Å². The fraction of sp³-hybridized carbons (Fsp3) is 0.579. The molecule has 2 atom stereocenters. The summed E-state index contributed by atoms with van der Waals surface area (Å²) in [7, 11) is 0. The fourth-order valence-corrected chi connectivity index (χ4v) is 4.08. The van der Waals surface area contributed by atoms with Crippen molar-refractivity contribution in [2.75, 3.05) is 55.6 Å². The van der Waals surface area contributed by atoms with Crippen molar-refractivity contribution in [3.8, 4) is 0 Å². The monoisotopic (exact) mass is 391 g/mol. The molecule has 0 aromatic heterocycles. The van der Waals surface area contributed by atoms with E-state index in [4.69, 9.17) is 4.74 Å². The maximum Gasteiger partial charge on any atom is 0.414 e. The molecule has 3 heterocycles. The summed E-state index contributed by atoms with van der Waals surface area (Å²) in [6.45, 7) is 4.65. The lowest BCUT2D eigenvalue weighted by molar-refractivity contribution is -0.121. The van der Waals surface area contributed by atoms with Crippen LogP contribution in [0.25, 0.3) is 0 Å². The predicted octanol–water partition coefficient (Wildman–Crippen LogP) is 0.728. The van der Waals surface area contributed by atoms with Gasteiger partial charge in [-0.3, -0.25) is 15.0 Å². The van der Waals surface area contributed by atoms with Crippen LogP contribution in [0, 0.1) is 5.82 Å². The molecule has 3 aliphatic heterocycles. The Morgan fingerprint density at radius 1 is 1.29 bits per heavy atom. The Kier molecular flexibility index (Phi) is 5.63. The molecule has 3 saturated heterocycles. The van der Waals surface area contributed by atoms with Crippen molar-refractivity contribution < 1.29 is 18.7 Å². The molecular formula is C19H26FN5O3. The van der Waals surface area contributed by atoms with E-state index in [9.17, 15) is 14.0 Å². The van der Waals surface area contributed by atoms with Crippen LogP contribution >= 0.6 is 0 Å². The summed E-state index contributed by atoms with van der Waals surface area (Å²) < 4.78 is 20.1. The lowest BCUT2D eigenvalue weighted by atomic mass is 10.2. The number of cyclic esters (lactones) is 1. The highest BCUT2D eigenvalue weighted by Crippen LogP contribution is 2.28. The zero-order valence-electron chi connectivity index (χ0n) is 15.8. The zero-order chi connectivity index (χ0) is 19.5. The van der Waals surface area contributed by atoms with Crippen molar-refractivity contribution in [1.82, 2.24) is 15.5 Å². The molecule has 0 saturated carbocycles. The second-order valence-electron chi connectivity index (χ2n) is 7.40. The maximum absolute atomic E-state index is 14.7. The molecule has 2 N–H and O–H groups in total. The highest BCUT2D eigenvalue weighted by atomic mass is 19.1. The Morgan fingerprint density at radius 3 is 2.79 bits per heavy atom. The highest BCUT2D eigenvalue weighted by Gasteiger charge is 2.35. The first-order valence-electron chi connectivity index (χ1n) is 9.83. The van der Waals surface area contributed by atoms with Crippen LogP contribution in [0.15, 0.2) is 18.2 Å². The van der Waals surface area contributed by atoms with Crippen molar-refractivity contribution in [3.63, 3.8) is 0 Å². The Morgan fingerprint density at radius 2 is 2.11 bits per heavy atom. The molecule has 0 spiro atoms. The van der Waals surface area contributed by atoms with Gasteiger partial charge in [0.15, 0.2) is 0 Å². The number of ether oxygens (including phenoxy) is 1. The minimum absolute atomic E-state index is 0.0130. The third kappa shape index (κ3) is 3.90. The van der Waals surface area contributed by atoms with E-state index in [0.29, 0.717) is 24.5 Å². The summed E-state index contributed by atoms with van der Waals surface area (Å²) in [6, 6.07) is 4.86. The number of nitrogens with zero attached hydrogens (tertiary/aromatic N) is 3. The molecule has 1 unspecified atom stereocenters. The molecule has 1 aromatic carbocycles. The van der Waals surface area contributed by atoms with Gasteiger partial charge in [0, 0.05) is 26.2 Å². The number of hydrogen-bond acceptors (Lipinski definition) is 6. The average Bonchev–Trinajstić information content (AvgIpc) is 3.36. The van der Waals surface area contributed by atoms with E-state index >= 15 is 0 Å². The number of benzene rings is 1. The number of carbonyl (C=O) groups is 2. The van der Waals surface area contributed by atoms with Crippen molar-refractivity contribution in [1.29, 1.82) is 0 Å². The maximum atomic E-state index is 14.7. The number of halogens is 1. The van der Waals surface area contributed by atoms with Crippen LogP contribution in [0.5, 0.6) is 0 Å². The van der Waals surface area contributed by atoms with Crippen molar-refractivity contribution in [2.24, 2.45) is 0 Å². The van der Waals surface area contributed by atoms with Gasteiger partial charge in [-0.1, -0.05) is 0 Å². The number of carbonyl (C=O) groups excluding carboxylic acids is 2. The lowest BCUT2D eigenvalue weighted by Crippen LogP contribution is -2.45. The topological polar surface area (TPSA) is 77.2 Å². The molecular weight excluding hydrogens is 365 g/mol. The van der Waals surface area contributed by atoms with Crippen LogP contribution in [0.4, 0.5) is 20.6 Å². The lowest BCUT2D eigenvalue weighted by Gasteiger charge is -2.30. The number of amides is 2. The second-order valence-corrected chi connectivity index (χ2v) is 7.40. The van der Waals surface area contributed by atoms with Gasteiger partial charge < -0.3 is 19.9 Å². The van der Waals surface area contributed by atoms with E-state index in [-0.39, 0.29) is 12.0 Å². The van der Waals surface area contributed by atoms with Gasteiger partial charge in [0.2, 0.25) is 6.41 Å². The third-order valence-corrected chi connectivity index (χ3v) is 5.56. The van der Waals surface area contributed by atoms with Crippen LogP contribution in [0.2, 0.25) is 0 Å². The Bertz CT molecular complexity index is 722. The molecule has 4 rings (SSSR count). The highest BCUT2D eigenvalue weighted by molar-refractivity contribution is 5.90. The molecule has 28 heavy (non-hydrogen) atoms. The largest absolute Gasteiger partial charge is 0.442 e. The van der Waals surface area contributed by atoms with Crippen LogP contribution in [0.1, 0.15) is 12.8 Å². The molecule has 0 aliphatic carbocycles. The SMILES string of the molecule is O=CN(CC1CN(c2ccc(N3CCNCC3)c(F)c2)C(=O)O1)[C@@H]1CCCN1. The van der Waals surface area contributed by atoms with Gasteiger partial charge in [0.1, 0.15) is 11.9 Å². The first-order valence-corrected chi connectivity index (χ1v) is 9.83. The van der Waals surface area contributed by atoms with E-state index in [1.807, 2.05) is 4.90 Å². The molecule has 152 valence electrons. The third-order valence-electron chi connectivity index (χ3n) is 5.56. The Hall–Kier alpha value is -2.39. The number of piperazine rings is 1. The van der Waals surface area contributed by atoms with Crippen LogP contribution < -0.4 is 20.4 Å². The second kappa shape index (κ2) is 8.32. The van der Waals surface area contributed by atoms with Gasteiger partial charge in [-0.25, -0.2) is 9.18 Å². The minimum Gasteiger partial charge on any atom is -0.442 e. The van der Waals surface area contributed by atoms with E-state index in [0.717, 1.165) is 52.0 Å². The normalized spacial score (nSPS) is 25.1. The average molecular weight is 391 g/mol. The van der Waals surface area contributed by atoms with Gasteiger partial charge in [0.05, 0.1) is 30.6 Å². The van der Waals surface area contributed by atoms with Gasteiger partial charge in [0.25, 0.3) is 0 Å². The van der Waals surface area contributed by atoms with Crippen molar-refractivity contribution in [2.45, 2.75) is 25.1 Å². The van der Waals surface area contributed by atoms with E-state index in [1.165, 1.54) is 11.0 Å².